The van der Waals surface area contributed by atoms with Crippen molar-refractivity contribution in [3.05, 3.63) is 36.3 Å². The van der Waals surface area contributed by atoms with Gasteiger partial charge >= 0.3 is 0 Å². The van der Waals surface area contributed by atoms with Crippen molar-refractivity contribution in [2.45, 2.75) is 44.6 Å². The van der Waals surface area contributed by atoms with Crippen LogP contribution in [0.4, 0.5) is 0 Å². The molecule has 124 valence electrons. The van der Waals surface area contributed by atoms with Gasteiger partial charge in [0.05, 0.1) is 5.54 Å². The standard InChI is InChI=1S/C18H24N2O3/c1-3-11-20-16(21)6-4-9-18(20)10-5-12-19(13-18)17(22)15-8-7-14(2)23-15/h3,7-8H,1,4-6,9-13H2,2H3/t18-/m0/s1. The lowest BCUT2D eigenvalue weighted by atomic mass is 9.79. The van der Waals surface area contributed by atoms with Gasteiger partial charge in [-0.25, -0.2) is 0 Å². The van der Waals surface area contributed by atoms with Gasteiger partial charge in [-0.15, -0.1) is 6.58 Å². The first kappa shape index (κ1) is 15.8. The predicted molar refractivity (Wildman–Crippen MR) is 87.1 cm³/mol. The molecule has 1 aromatic rings. The summed E-state index contributed by atoms with van der Waals surface area (Å²) in [6.07, 6.45) is 6.09. The Bertz CT molecular complexity index is 618. The Morgan fingerprint density at radius 3 is 2.87 bits per heavy atom. The van der Waals surface area contributed by atoms with Crippen LogP contribution in [0.3, 0.4) is 0 Å². The number of carbonyl (C=O) groups excluding carboxylic acids is 2. The Hall–Kier alpha value is -2.04. The maximum Gasteiger partial charge on any atom is 0.289 e. The van der Waals surface area contributed by atoms with E-state index in [9.17, 15) is 9.59 Å². The second-order valence-corrected chi connectivity index (χ2v) is 6.61. The fourth-order valence-corrected chi connectivity index (χ4v) is 3.94. The third-order valence-corrected chi connectivity index (χ3v) is 5.01. The van der Waals surface area contributed by atoms with Crippen molar-refractivity contribution in [3.63, 3.8) is 0 Å². The van der Waals surface area contributed by atoms with Gasteiger partial charge in [0.1, 0.15) is 5.76 Å². The summed E-state index contributed by atoms with van der Waals surface area (Å²) in [4.78, 5) is 28.8. The lowest BCUT2D eigenvalue weighted by Gasteiger charge is -2.51. The largest absolute Gasteiger partial charge is 0.456 e. The molecule has 0 N–H and O–H groups in total. The van der Waals surface area contributed by atoms with Gasteiger partial charge in [-0.1, -0.05) is 6.08 Å². The van der Waals surface area contributed by atoms with Crippen LogP contribution in [-0.4, -0.2) is 46.8 Å². The highest BCUT2D eigenvalue weighted by molar-refractivity contribution is 5.91. The van der Waals surface area contributed by atoms with Crippen LogP contribution in [-0.2, 0) is 4.79 Å². The number of furan rings is 1. The molecule has 5 heteroatoms. The zero-order valence-corrected chi connectivity index (χ0v) is 13.7. The fraction of sp³-hybridized carbons (Fsp3) is 0.556. The molecule has 3 heterocycles. The van der Waals surface area contributed by atoms with E-state index in [4.69, 9.17) is 4.42 Å². The number of nitrogens with zero attached hydrogens (tertiary/aromatic N) is 2. The van der Waals surface area contributed by atoms with Gasteiger partial charge in [0, 0.05) is 26.1 Å². The number of aryl methyl sites for hydroxylation is 1. The molecule has 0 unspecified atom stereocenters. The highest BCUT2D eigenvalue weighted by Crippen LogP contribution is 2.37. The molecule has 2 fully saturated rings. The van der Waals surface area contributed by atoms with Crippen molar-refractivity contribution in [1.29, 1.82) is 0 Å². The number of likely N-dealkylation sites (tertiary alicyclic amines) is 2. The van der Waals surface area contributed by atoms with Crippen LogP contribution in [0.25, 0.3) is 0 Å². The topological polar surface area (TPSA) is 53.8 Å². The zero-order chi connectivity index (χ0) is 16.4. The molecule has 0 aliphatic carbocycles. The molecule has 0 saturated carbocycles. The van der Waals surface area contributed by atoms with E-state index in [1.54, 1.807) is 18.2 Å². The summed E-state index contributed by atoms with van der Waals surface area (Å²) in [7, 11) is 0. The van der Waals surface area contributed by atoms with Gasteiger partial charge < -0.3 is 14.2 Å². The van der Waals surface area contributed by atoms with Crippen molar-refractivity contribution in [2.75, 3.05) is 19.6 Å². The molecule has 2 aliphatic rings. The summed E-state index contributed by atoms with van der Waals surface area (Å²) in [5.74, 6) is 1.23. The van der Waals surface area contributed by atoms with Crippen LogP contribution in [0.15, 0.2) is 29.2 Å². The number of amides is 2. The van der Waals surface area contributed by atoms with Gasteiger partial charge in [0.25, 0.3) is 5.91 Å². The van der Waals surface area contributed by atoms with Gasteiger partial charge in [0.15, 0.2) is 5.76 Å². The van der Waals surface area contributed by atoms with Crippen molar-refractivity contribution < 1.29 is 14.0 Å². The first-order chi connectivity index (χ1) is 11.1. The van der Waals surface area contributed by atoms with Crippen LogP contribution in [0, 0.1) is 6.92 Å². The zero-order valence-electron chi connectivity index (χ0n) is 13.7. The van der Waals surface area contributed by atoms with Gasteiger partial charge in [-0.05, 0) is 44.7 Å². The molecular formula is C18H24N2O3. The first-order valence-electron chi connectivity index (χ1n) is 8.33. The van der Waals surface area contributed by atoms with Crippen molar-refractivity contribution in [3.8, 4) is 0 Å². The number of hydrogen-bond acceptors (Lipinski definition) is 3. The lowest BCUT2D eigenvalue weighted by Crippen LogP contribution is -2.63. The number of piperidine rings is 2. The van der Waals surface area contributed by atoms with Crippen molar-refractivity contribution >= 4 is 11.8 Å². The Kier molecular flexibility index (Phi) is 4.28. The van der Waals surface area contributed by atoms with Crippen LogP contribution in [0.5, 0.6) is 0 Å². The summed E-state index contributed by atoms with van der Waals surface area (Å²) in [6.45, 7) is 7.48. The molecule has 1 atom stereocenters. The van der Waals surface area contributed by atoms with E-state index in [0.29, 0.717) is 25.3 Å². The van der Waals surface area contributed by atoms with Gasteiger partial charge in [0.2, 0.25) is 5.91 Å². The van der Waals surface area contributed by atoms with E-state index in [1.165, 1.54) is 0 Å². The highest BCUT2D eigenvalue weighted by atomic mass is 16.3. The van der Waals surface area contributed by atoms with E-state index in [-0.39, 0.29) is 17.4 Å². The van der Waals surface area contributed by atoms with Crippen LogP contribution < -0.4 is 0 Å². The summed E-state index contributed by atoms with van der Waals surface area (Å²) >= 11 is 0. The van der Waals surface area contributed by atoms with Crippen LogP contribution in [0.1, 0.15) is 48.4 Å². The number of hydrogen-bond donors (Lipinski definition) is 0. The monoisotopic (exact) mass is 316 g/mol. The number of carbonyl (C=O) groups is 2. The SMILES string of the molecule is C=CCN1C(=O)CCC[C@@]12CCCN(C(=O)c1ccc(C)o1)C2. The second-order valence-electron chi connectivity index (χ2n) is 6.61. The molecule has 2 aliphatic heterocycles. The average molecular weight is 316 g/mol. The Morgan fingerprint density at radius 1 is 1.39 bits per heavy atom. The molecule has 0 aromatic carbocycles. The third kappa shape index (κ3) is 2.92. The average Bonchev–Trinajstić information content (AvgIpc) is 2.97. The minimum atomic E-state index is -0.237. The maximum atomic E-state index is 12.7. The van der Waals surface area contributed by atoms with E-state index in [1.807, 2.05) is 16.7 Å². The first-order valence-corrected chi connectivity index (χ1v) is 8.33. The van der Waals surface area contributed by atoms with Gasteiger partial charge in [-0.3, -0.25) is 9.59 Å². The quantitative estimate of drug-likeness (QED) is 0.806. The van der Waals surface area contributed by atoms with E-state index in [0.717, 1.165) is 38.0 Å². The van der Waals surface area contributed by atoms with Gasteiger partial charge in [-0.2, -0.15) is 0 Å². The Labute approximate surface area is 136 Å². The predicted octanol–water partition coefficient (Wildman–Crippen LogP) is 2.76. The Morgan fingerprint density at radius 2 is 2.17 bits per heavy atom. The second kappa shape index (κ2) is 6.22. The smallest absolute Gasteiger partial charge is 0.289 e. The molecule has 3 rings (SSSR count). The minimum Gasteiger partial charge on any atom is -0.456 e. The summed E-state index contributed by atoms with van der Waals surface area (Å²) < 4.78 is 5.48. The van der Waals surface area contributed by atoms with Crippen molar-refractivity contribution in [2.24, 2.45) is 0 Å². The molecule has 1 aromatic heterocycles. The van der Waals surface area contributed by atoms with Crippen LogP contribution in [0.2, 0.25) is 0 Å². The highest BCUT2D eigenvalue weighted by Gasteiger charge is 2.45. The molecule has 2 amide bonds. The number of rotatable bonds is 3. The maximum absolute atomic E-state index is 12.7. The van der Waals surface area contributed by atoms with Crippen LogP contribution >= 0.6 is 0 Å². The Balaban J connectivity index is 1.82. The molecular weight excluding hydrogens is 292 g/mol. The molecule has 5 nitrogen and oxygen atoms in total. The lowest BCUT2D eigenvalue weighted by molar-refractivity contribution is -0.143. The molecule has 23 heavy (non-hydrogen) atoms. The van der Waals surface area contributed by atoms with E-state index in [2.05, 4.69) is 6.58 Å². The summed E-state index contributed by atoms with van der Waals surface area (Å²) in [5.41, 5.74) is -0.237. The fourth-order valence-electron chi connectivity index (χ4n) is 3.94. The summed E-state index contributed by atoms with van der Waals surface area (Å²) in [6, 6.07) is 3.54. The van der Waals surface area contributed by atoms with E-state index >= 15 is 0 Å². The molecule has 0 radical (unpaired) electrons. The molecule has 2 saturated heterocycles. The summed E-state index contributed by atoms with van der Waals surface area (Å²) in [5, 5.41) is 0. The van der Waals surface area contributed by atoms with Crippen molar-refractivity contribution in [1.82, 2.24) is 9.80 Å². The molecule has 0 bridgehead atoms. The molecule has 1 spiro atoms. The normalized spacial score (nSPS) is 25.0. The van der Waals surface area contributed by atoms with E-state index < -0.39 is 0 Å². The third-order valence-electron chi connectivity index (χ3n) is 5.01. The minimum absolute atomic E-state index is 0.0752.